The highest BCUT2D eigenvalue weighted by molar-refractivity contribution is 8.47. The Labute approximate surface area is 222 Å². The number of amides is 1. The molecule has 0 fully saturated rings. The molecule has 1 amide bonds. The number of nitrogens with one attached hydrogen (secondary N) is 1. The van der Waals surface area contributed by atoms with E-state index >= 15 is 0 Å². The van der Waals surface area contributed by atoms with E-state index in [0.717, 1.165) is 62.2 Å². The van der Waals surface area contributed by atoms with Gasteiger partial charge < -0.3 is 16.2 Å². The van der Waals surface area contributed by atoms with Crippen molar-refractivity contribution >= 4 is 26.9 Å². The Hall–Kier alpha value is -2.97. The van der Waals surface area contributed by atoms with Crippen molar-refractivity contribution in [2.75, 3.05) is 18.1 Å². The van der Waals surface area contributed by atoms with Gasteiger partial charge in [-0.2, -0.15) is 10.0 Å². The number of hydrogen-bond donors (Lipinski definition) is 3. The number of benzene rings is 1. The number of nitrogens with two attached hydrogens (primary N) is 1. The highest BCUT2D eigenvalue weighted by Crippen LogP contribution is 2.54. The molecule has 1 aliphatic rings. The molecule has 0 aliphatic carbocycles. The van der Waals surface area contributed by atoms with Crippen molar-refractivity contribution < 1.29 is 14.7 Å². The minimum absolute atomic E-state index is 0.0815. The van der Waals surface area contributed by atoms with E-state index in [1.165, 1.54) is 0 Å². The predicted molar refractivity (Wildman–Crippen MR) is 154 cm³/mol. The molecule has 2 aromatic rings. The van der Waals surface area contributed by atoms with Gasteiger partial charge in [-0.1, -0.05) is 57.5 Å². The van der Waals surface area contributed by atoms with Crippen LogP contribution in [0.4, 0.5) is 0 Å². The molecule has 0 unspecified atom stereocenters. The van der Waals surface area contributed by atoms with Crippen LogP contribution >= 0.6 is 10.0 Å². The third-order valence-corrected chi connectivity index (χ3v) is 10.8. The van der Waals surface area contributed by atoms with Crippen LogP contribution in [0.3, 0.4) is 0 Å². The summed E-state index contributed by atoms with van der Waals surface area (Å²) in [6.45, 7) is 13.0. The second-order valence-electron chi connectivity index (χ2n) is 9.93. The summed E-state index contributed by atoms with van der Waals surface area (Å²) >= 11 is 0. The van der Waals surface area contributed by atoms with Crippen molar-refractivity contribution in [3.05, 3.63) is 63.4 Å². The number of pyridine rings is 1. The fourth-order valence-corrected chi connectivity index (χ4v) is 7.59. The zero-order valence-electron chi connectivity index (χ0n) is 22.9. The third kappa shape index (κ3) is 6.30. The van der Waals surface area contributed by atoms with Gasteiger partial charge in [0.15, 0.2) is 5.70 Å². The number of hydrogen-bond acceptors (Lipinski definition) is 5. The minimum Gasteiger partial charge on any atom is -0.476 e. The Morgan fingerprint density at radius 2 is 1.73 bits per heavy atom. The van der Waals surface area contributed by atoms with Crippen LogP contribution in [-0.4, -0.2) is 45.1 Å². The SMILES string of the molecule is CCS1(CC)C=C(C(=O)O)N=C1CNC(=O)Cc1c(C)nc(CC(C)C)c(CN)c1-c1ccc(C)cc1. The van der Waals surface area contributed by atoms with Crippen LogP contribution in [0.1, 0.15) is 55.8 Å². The molecule has 2 heterocycles. The first-order valence-electron chi connectivity index (χ1n) is 12.9. The first-order valence-corrected chi connectivity index (χ1v) is 14.9. The van der Waals surface area contributed by atoms with Crippen LogP contribution in [0, 0.1) is 19.8 Å². The summed E-state index contributed by atoms with van der Waals surface area (Å²) in [6, 6.07) is 8.30. The number of aryl methyl sites for hydroxylation is 2. The Bertz CT molecular complexity index is 1230. The summed E-state index contributed by atoms with van der Waals surface area (Å²) in [6.07, 6.45) is 0.973. The number of aliphatic imine (C=N–C) groups is 1. The standard InChI is InChI=1S/C29H40N4O3S/c1-7-37(8-2)17-25(29(35)36)33-27(37)16-31-26(34)14-22-20(6)32-24(13-18(3)4)23(15-30)28(22)21-11-9-19(5)10-12-21/h9-12,17-18H,7-8,13-16,30H2,1-6H3,(H,31,34)(H,35,36). The molecule has 8 heteroatoms. The first-order chi connectivity index (χ1) is 17.5. The molecule has 1 aromatic heterocycles. The van der Waals surface area contributed by atoms with E-state index in [9.17, 15) is 14.7 Å². The molecular weight excluding hydrogens is 484 g/mol. The van der Waals surface area contributed by atoms with Crippen molar-refractivity contribution in [3.63, 3.8) is 0 Å². The molecule has 0 saturated carbocycles. The summed E-state index contributed by atoms with van der Waals surface area (Å²) < 4.78 is 0. The van der Waals surface area contributed by atoms with Crippen molar-refractivity contribution in [2.45, 2.75) is 60.9 Å². The van der Waals surface area contributed by atoms with Gasteiger partial charge in [0.1, 0.15) is 0 Å². The molecule has 7 nitrogen and oxygen atoms in total. The molecule has 200 valence electrons. The van der Waals surface area contributed by atoms with E-state index in [4.69, 9.17) is 10.7 Å². The number of aromatic nitrogens is 1. The van der Waals surface area contributed by atoms with Gasteiger partial charge >= 0.3 is 5.97 Å². The van der Waals surface area contributed by atoms with E-state index in [1.54, 1.807) is 5.41 Å². The van der Waals surface area contributed by atoms with Gasteiger partial charge in [-0.05, 0) is 65.4 Å². The number of carbonyl (C=O) groups excluding carboxylic acids is 1. The van der Waals surface area contributed by atoms with Crippen molar-refractivity contribution in [1.29, 1.82) is 0 Å². The van der Waals surface area contributed by atoms with Gasteiger partial charge in [0.25, 0.3) is 0 Å². The maximum absolute atomic E-state index is 13.3. The van der Waals surface area contributed by atoms with Crippen molar-refractivity contribution in [1.82, 2.24) is 10.3 Å². The molecule has 1 aliphatic heterocycles. The summed E-state index contributed by atoms with van der Waals surface area (Å²) in [5.74, 6) is 0.846. The second-order valence-corrected chi connectivity index (χ2v) is 13.7. The largest absolute Gasteiger partial charge is 0.476 e. The monoisotopic (exact) mass is 524 g/mol. The van der Waals surface area contributed by atoms with Crippen LogP contribution in [0.15, 0.2) is 40.4 Å². The zero-order valence-corrected chi connectivity index (χ0v) is 23.7. The number of aliphatic carboxylic acids is 1. The molecule has 37 heavy (non-hydrogen) atoms. The number of nitrogens with zero attached hydrogens (tertiary/aromatic N) is 2. The van der Waals surface area contributed by atoms with E-state index in [2.05, 4.69) is 55.3 Å². The Morgan fingerprint density at radius 3 is 2.27 bits per heavy atom. The van der Waals surface area contributed by atoms with Gasteiger partial charge in [-0.25, -0.2) is 9.79 Å². The second kappa shape index (κ2) is 12.0. The average molecular weight is 525 g/mol. The highest BCUT2D eigenvalue weighted by Gasteiger charge is 2.32. The van der Waals surface area contributed by atoms with Crippen LogP contribution in [-0.2, 0) is 29.0 Å². The van der Waals surface area contributed by atoms with Crippen LogP contribution < -0.4 is 11.1 Å². The maximum Gasteiger partial charge on any atom is 0.355 e. The molecule has 0 bridgehead atoms. The molecule has 0 radical (unpaired) electrons. The van der Waals surface area contributed by atoms with Crippen LogP contribution in [0.5, 0.6) is 0 Å². The Kier molecular flexibility index (Phi) is 9.31. The smallest absolute Gasteiger partial charge is 0.355 e. The number of carbonyl (C=O) groups is 2. The van der Waals surface area contributed by atoms with Gasteiger partial charge in [0, 0.05) is 17.9 Å². The predicted octanol–water partition coefficient (Wildman–Crippen LogP) is 4.86. The van der Waals surface area contributed by atoms with Gasteiger partial charge in [-0.3, -0.25) is 9.78 Å². The molecule has 4 N–H and O–H groups in total. The van der Waals surface area contributed by atoms with Gasteiger partial charge in [0.05, 0.1) is 18.0 Å². The first kappa shape index (κ1) is 28.6. The van der Waals surface area contributed by atoms with Crippen molar-refractivity contribution in [2.24, 2.45) is 16.6 Å². The molecule has 3 rings (SSSR count). The summed E-state index contributed by atoms with van der Waals surface area (Å²) in [5.41, 5.74) is 13.2. The van der Waals surface area contributed by atoms with E-state index in [-0.39, 0.29) is 24.6 Å². The van der Waals surface area contributed by atoms with Gasteiger partial charge in [0.2, 0.25) is 5.91 Å². The van der Waals surface area contributed by atoms with Gasteiger partial charge in [-0.15, -0.1) is 0 Å². The lowest BCUT2D eigenvalue weighted by molar-refractivity contribution is -0.132. The zero-order chi connectivity index (χ0) is 27.3. The molecule has 0 spiro atoms. The average Bonchev–Trinajstić information content (AvgIpc) is 3.24. The quantitative estimate of drug-likeness (QED) is 0.388. The topological polar surface area (TPSA) is 118 Å². The summed E-state index contributed by atoms with van der Waals surface area (Å²) in [4.78, 5) is 34.1. The highest BCUT2D eigenvalue weighted by atomic mass is 32.3. The molecular formula is C29H40N4O3S. The fourth-order valence-electron chi connectivity index (χ4n) is 4.82. The lowest BCUT2D eigenvalue weighted by Crippen LogP contribution is -2.33. The lowest BCUT2D eigenvalue weighted by atomic mass is 9.88. The molecule has 0 saturated heterocycles. The Morgan fingerprint density at radius 1 is 1.08 bits per heavy atom. The summed E-state index contributed by atoms with van der Waals surface area (Å²) in [7, 11) is -1.47. The lowest BCUT2D eigenvalue weighted by Gasteiger charge is -2.32. The van der Waals surface area contributed by atoms with E-state index in [1.807, 2.05) is 20.8 Å². The minimum atomic E-state index is -1.47. The van der Waals surface area contributed by atoms with Crippen LogP contribution in [0.2, 0.25) is 0 Å². The maximum atomic E-state index is 13.3. The van der Waals surface area contributed by atoms with Crippen molar-refractivity contribution in [3.8, 4) is 11.1 Å². The van der Waals surface area contributed by atoms with Crippen LogP contribution in [0.25, 0.3) is 11.1 Å². The fraction of sp³-hybridized carbons (Fsp3) is 0.448. The Balaban J connectivity index is 1.95. The normalized spacial score (nSPS) is 15.4. The number of carboxylic acid groups (broad SMARTS) is 1. The number of carboxylic acids is 1. The third-order valence-electron chi connectivity index (χ3n) is 6.91. The summed E-state index contributed by atoms with van der Waals surface area (Å²) in [5, 5.41) is 15.1. The number of rotatable bonds is 11. The molecule has 0 atom stereocenters. The van der Waals surface area contributed by atoms with E-state index < -0.39 is 16.0 Å². The van der Waals surface area contributed by atoms with E-state index in [0.29, 0.717) is 12.5 Å². The molecule has 1 aromatic carbocycles.